The largest absolute Gasteiger partial charge is 0.450 e. The van der Waals surface area contributed by atoms with E-state index >= 15 is 0 Å². The molecule has 0 bridgehead atoms. The number of benzene rings is 8. The van der Waals surface area contributed by atoms with Crippen molar-refractivity contribution in [3.05, 3.63) is 174 Å². The predicted octanol–water partition coefficient (Wildman–Crippen LogP) is 13.0. The molecule has 0 saturated carbocycles. The van der Waals surface area contributed by atoms with E-state index in [0.29, 0.717) is 11.5 Å². The lowest BCUT2D eigenvalue weighted by Gasteiger charge is -2.46. The van der Waals surface area contributed by atoms with E-state index in [1.807, 2.05) is 24.3 Å². The normalized spacial score (nSPS) is 13.5. The molecule has 4 nitrogen and oxygen atoms in total. The van der Waals surface area contributed by atoms with Gasteiger partial charge in [-0.1, -0.05) is 124 Å². The highest BCUT2D eigenvalue weighted by molar-refractivity contribution is 6.93. The summed E-state index contributed by atoms with van der Waals surface area (Å²) in [5.41, 5.74) is 16.8. The molecule has 0 saturated heterocycles. The maximum Gasteiger partial charge on any atom is 0.333 e. The highest BCUT2D eigenvalue weighted by atomic mass is 16.6. The number of hydrogen-bond acceptors (Lipinski definition) is 4. The molecule has 0 aromatic heterocycles. The van der Waals surface area contributed by atoms with Crippen molar-refractivity contribution in [2.45, 2.75) is 40.0 Å². The molecular weight excluding hydrogens is 695 g/mol. The number of fused-ring (bicyclic) bond motifs is 8. The van der Waals surface area contributed by atoms with Crippen molar-refractivity contribution in [3.63, 3.8) is 0 Å². The number of para-hydroxylation sites is 2. The summed E-state index contributed by atoms with van der Waals surface area (Å²) in [5.74, 6) is 2.86. The van der Waals surface area contributed by atoms with Crippen LogP contribution in [-0.2, 0) is 5.41 Å². The first-order valence-electron chi connectivity index (χ1n) is 19.9. The van der Waals surface area contributed by atoms with Crippen LogP contribution in [0.25, 0.3) is 33.0 Å². The average Bonchev–Trinajstić information content (AvgIpc) is 3.22. The number of aryl methyl sites for hydroxylation is 2. The van der Waals surface area contributed by atoms with Gasteiger partial charge in [0.1, 0.15) is 0 Å². The summed E-state index contributed by atoms with van der Waals surface area (Å²) >= 11 is 0. The minimum atomic E-state index is -0.168. The fraction of sp³-hybridized carbons (Fsp3) is 0.115. The maximum absolute atomic E-state index is 6.68. The Hall–Kier alpha value is -6.72. The second kappa shape index (κ2) is 12.4. The first-order chi connectivity index (χ1) is 27.7. The van der Waals surface area contributed by atoms with Gasteiger partial charge in [-0.25, -0.2) is 0 Å². The van der Waals surface area contributed by atoms with Gasteiger partial charge in [0.25, 0.3) is 0 Å². The summed E-state index contributed by atoms with van der Waals surface area (Å²) < 4.78 is 13.3. The van der Waals surface area contributed by atoms with E-state index in [1.165, 1.54) is 66.6 Å². The van der Waals surface area contributed by atoms with Gasteiger partial charge in [0.05, 0.1) is 0 Å². The van der Waals surface area contributed by atoms with E-state index in [9.17, 15) is 0 Å². The molecule has 3 heterocycles. The topological polar surface area (TPSA) is 24.9 Å². The van der Waals surface area contributed by atoms with Crippen LogP contribution in [-0.4, -0.2) is 6.85 Å². The zero-order chi connectivity index (χ0) is 38.6. The van der Waals surface area contributed by atoms with Gasteiger partial charge in [-0.3, -0.25) is 0 Å². The van der Waals surface area contributed by atoms with Crippen LogP contribution in [0, 0.1) is 13.8 Å². The van der Waals surface area contributed by atoms with Crippen LogP contribution in [0.2, 0.25) is 0 Å². The summed E-state index contributed by atoms with van der Waals surface area (Å²) in [6.07, 6.45) is 0. The molecule has 0 N–H and O–H groups in total. The third kappa shape index (κ3) is 5.22. The summed E-state index contributed by atoms with van der Waals surface area (Å²) in [6.45, 7) is 11.2. The van der Waals surface area contributed by atoms with Crippen molar-refractivity contribution in [3.8, 4) is 45.3 Å². The molecule has 0 aliphatic carbocycles. The van der Waals surface area contributed by atoms with E-state index < -0.39 is 0 Å². The van der Waals surface area contributed by atoms with E-state index in [4.69, 9.17) is 9.47 Å². The molecule has 8 aromatic rings. The average molecular weight is 737 g/mol. The van der Waals surface area contributed by atoms with Crippen LogP contribution >= 0.6 is 0 Å². The van der Waals surface area contributed by atoms with Crippen molar-refractivity contribution in [1.82, 2.24) is 0 Å². The molecular formula is C52H41BN2O2. The van der Waals surface area contributed by atoms with Crippen molar-refractivity contribution in [2.24, 2.45) is 0 Å². The fourth-order valence-corrected chi connectivity index (χ4v) is 9.25. The van der Waals surface area contributed by atoms with E-state index in [2.05, 4.69) is 178 Å². The molecule has 0 unspecified atom stereocenters. The van der Waals surface area contributed by atoms with Crippen LogP contribution in [0.15, 0.2) is 158 Å². The van der Waals surface area contributed by atoms with Gasteiger partial charge in [0.15, 0.2) is 23.0 Å². The van der Waals surface area contributed by atoms with Crippen molar-refractivity contribution in [1.29, 1.82) is 0 Å². The molecule has 57 heavy (non-hydrogen) atoms. The van der Waals surface area contributed by atoms with Gasteiger partial charge in [0, 0.05) is 40.1 Å². The highest BCUT2D eigenvalue weighted by Crippen LogP contribution is 2.53. The Morgan fingerprint density at radius 2 is 1.19 bits per heavy atom. The Morgan fingerprint density at radius 1 is 0.526 bits per heavy atom. The highest BCUT2D eigenvalue weighted by Gasteiger charge is 2.46. The zero-order valence-electron chi connectivity index (χ0n) is 32.8. The molecule has 3 aliphatic rings. The van der Waals surface area contributed by atoms with Gasteiger partial charge < -0.3 is 19.2 Å². The van der Waals surface area contributed by atoms with Crippen LogP contribution in [0.1, 0.15) is 37.5 Å². The number of ether oxygens (including phenoxy) is 2. The van der Waals surface area contributed by atoms with Gasteiger partial charge in [-0.05, 0) is 123 Å². The summed E-state index contributed by atoms with van der Waals surface area (Å²) in [6, 6.07) is 57.2. The van der Waals surface area contributed by atoms with Crippen LogP contribution < -0.4 is 30.1 Å². The second-order valence-electron chi connectivity index (χ2n) is 16.7. The molecule has 3 aliphatic heterocycles. The third-order valence-corrected chi connectivity index (χ3v) is 12.0. The molecule has 0 spiro atoms. The van der Waals surface area contributed by atoms with E-state index in [0.717, 1.165) is 34.0 Å². The molecule has 0 radical (unpaired) electrons. The summed E-state index contributed by atoms with van der Waals surface area (Å²) in [5, 5.41) is 2.47. The summed E-state index contributed by atoms with van der Waals surface area (Å²) in [7, 11) is 0. The third-order valence-electron chi connectivity index (χ3n) is 12.0. The molecule has 0 amide bonds. The molecule has 0 atom stereocenters. The molecule has 274 valence electrons. The monoisotopic (exact) mass is 736 g/mol. The molecule has 11 rings (SSSR count). The quantitative estimate of drug-likeness (QED) is 0.169. The predicted molar refractivity (Wildman–Crippen MR) is 238 cm³/mol. The van der Waals surface area contributed by atoms with Gasteiger partial charge in [-0.2, -0.15) is 0 Å². The minimum Gasteiger partial charge on any atom is -0.450 e. The minimum absolute atomic E-state index is 0.0235. The fourth-order valence-electron chi connectivity index (χ4n) is 9.25. The number of rotatable bonds is 3. The zero-order valence-corrected chi connectivity index (χ0v) is 32.8. The number of anilines is 5. The van der Waals surface area contributed by atoms with Crippen molar-refractivity contribution < 1.29 is 9.47 Å². The van der Waals surface area contributed by atoms with Gasteiger partial charge in [0.2, 0.25) is 0 Å². The lowest BCUT2D eigenvalue weighted by atomic mass is 9.43. The van der Waals surface area contributed by atoms with Gasteiger partial charge >= 0.3 is 6.85 Å². The number of hydrogen-bond donors (Lipinski definition) is 0. The standard InChI is InChI=1S/C52H41BN2O2/c1-32-27-40-50-39-16-10-9-15-36(39)21-25-43(50)55(38-23-19-35(20-24-38)34-13-7-6-8-14-34)53-41-30-48-49(57-47-18-12-11-17-46(47)56-48)31-44(41)54(45(28-32)51(40)53)42-26-22-37(29-33(42)2)52(3,4)5/h6-31H,1-5H3. The molecule has 0 fully saturated rings. The summed E-state index contributed by atoms with van der Waals surface area (Å²) in [4.78, 5) is 5.05. The van der Waals surface area contributed by atoms with E-state index in [1.54, 1.807) is 0 Å². The Morgan fingerprint density at radius 3 is 1.93 bits per heavy atom. The smallest absolute Gasteiger partial charge is 0.333 e. The van der Waals surface area contributed by atoms with Gasteiger partial charge in [-0.15, -0.1) is 0 Å². The maximum atomic E-state index is 6.68. The Kier molecular flexibility index (Phi) is 7.31. The number of nitrogens with zero attached hydrogens (tertiary/aromatic N) is 2. The van der Waals surface area contributed by atoms with Crippen molar-refractivity contribution >= 4 is 57.0 Å². The van der Waals surface area contributed by atoms with Crippen molar-refractivity contribution in [2.75, 3.05) is 9.71 Å². The first kappa shape index (κ1) is 33.6. The Labute approximate surface area is 334 Å². The van der Waals surface area contributed by atoms with Crippen LogP contribution in [0.4, 0.5) is 28.4 Å². The Balaban J connectivity index is 1.22. The van der Waals surface area contributed by atoms with Crippen LogP contribution in [0.3, 0.4) is 0 Å². The SMILES string of the molecule is Cc1cc2c3c(c1)N(c1ccc(C(C)(C)C)cc1C)c1cc4c(cc1B3N(c1ccc(-c3ccccc3)cc1)c1ccc3ccccc3c1-2)Oc1ccccc1O4. The lowest BCUT2D eigenvalue weighted by Crippen LogP contribution is -2.61. The lowest BCUT2D eigenvalue weighted by molar-refractivity contribution is 0.360. The van der Waals surface area contributed by atoms with Crippen LogP contribution in [0.5, 0.6) is 23.0 Å². The van der Waals surface area contributed by atoms with E-state index in [-0.39, 0.29) is 12.3 Å². The molecule has 8 aromatic carbocycles. The first-order valence-corrected chi connectivity index (χ1v) is 19.9. The Bertz CT molecular complexity index is 2930. The second-order valence-corrected chi connectivity index (χ2v) is 16.7. The molecule has 5 heteroatoms.